The number of carbonyl (C=O) groups excluding carboxylic acids is 1. The Morgan fingerprint density at radius 3 is 2.50 bits per heavy atom. The number of carboxylic acids is 1. The zero-order chi connectivity index (χ0) is 22.5. The number of carbonyl (C=O) groups is 2. The molecule has 0 bridgehead atoms. The number of ether oxygens (including phenoxy) is 1. The Morgan fingerprint density at radius 1 is 1.00 bits per heavy atom. The third kappa shape index (κ3) is 5.22. The van der Waals surface area contributed by atoms with Crippen LogP contribution >= 0.6 is 11.3 Å². The van der Waals surface area contributed by atoms with Crippen molar-refractivity contribution < 1.29 is 19.4 Å². The van der Waals surface area contributed by atoms with E-state index in [4.69, 9.17) is 4.74 Å². The molecule has 0 saturated heterocycles. The van der Waals surface area contributed by atoms with Crippen molar-refractivity contribution in [3.8, 4) is 5.75 Å². The van der Waals surface area contributed by atoms with E-state index in [1.165, 1.54) is 23.0 Å². The van der Waals surface area contributed by atoms with Crippen LogP contribution in [0.4, 0.5) is 0 Å². The van der Waals surface area contributed by atoms with Crippen LogP contribution in [0, 0.1) is 6.92 Å². The van der Waals surface area contributed by atoms with Crippen LogP contribution in [0.3, 0.4) is 0 Å². The van der Waals surface area contributed by atoms with E-state index in [-0.39, 0.29) is 5.70 Å². The largest absolute Gasteiger partial charge is 0.489 e. The number of thiophene rings is 1. The maximum Gasteiger partial charge on any atom is 0.352 e. The highest BCUT2D eigenvalue weighted by atomic mass is 32.1. The van der Waals surface area contributed by atoms with Crippen LogP contribution in [0.5, 0.6) is 5.75 Å². The van der Waals surface area contributed by atoms with Crippen LogP contribution in [0.15, 0.2) is 84.6 Å². The number of fused-ring (bicyclic) bond motifs is 1. The van der Waals surface area contributed by atoms with Crippen molar-refractivity contribution >= 4 is 39.4 Å². The molecule has 1 heterocycles. The maximum absolute atomic E-state index is 12.6. The monoisotopic (exact) mass is 443 g/mol. The Morgan fingerprint density at radius 2 is 1.78 bits per heavy atom. The van der Waals surface area contributed by atoms with Crippen molar-refractivity contribution in [3.05, 3.63) is 106 Å². The molecular weight excluding hydrogens is 422 g/mol. The number of rotatable bonds is 7. The molecule has 0 spiro atoms. The van der Waals surface area contributed by atoms with Gasteiger partial charge in [-0.1, -0.05) is 60.2 Å². The standard InChI is InChI=1S/C26H21NO4S/c1-17-5-4-6-19(13-17)16-31-21-11-9-18(10-12-21)14-22(26(29)30)27-25(28)24-15-20-7-2-3-8-23(20)32-24/h2-15H,16H2,1H3,(H,27,28)(H,29,30). The third-order valence-electron chi connectivity index (χ3n) is 4.81. The van der Waals surface area contributed by atoms with Gasteiger partial charge in [-0.05, 0) is 53.8 Å². The van der Waals surface area contributed by atoms with Gasteiger partial charge in [0.25, 0.3) is 5.91 Å². The van der Waals surface area contributed by atoms with Gasteiger partial charge in [-0.3, -0.25) is 4.79 Å². The Bertz CT molecular complexity index is 1270. The van der Waals surface area contributed by atoms with Crippen LogP contribution in [0.25, 0.3) is 16.2 Å². The molecule has 0 aliphatic heterocycles. The fourth-order valence-corrected chi connectivity index (χ4v) is 4.18. The van der Waals surface area contributed by atoms with E-state index in [0.717, 1.165) is 15.6 Å². The number of hydrogen-bond acceptors (Lipinski definition) is 4. The minimum Gasteiger partial charge on any atom is -0.489 e. The normalized spacial score (nSPS) is 11.3. The lowest BCUT2D eigenvalue weighted by Gasteiger charge is -2.08. The van der Waals surface area contributed by atoms with Crippen LogP contribution in [-0.2, 0) is 11.4 Å². The Kier molecular flexibility index (Phi) is 6.33. The van der Waals surface area contributed by atoms with E-state index in [0.29, 0.717) is 22.8 Å². The second-order valence-electron chi connectivity index (χ2n) is 7.31. The lowest BCUT2D eigenvalue weighted by molar-refractivity contribution is -0.132. The van der Waals surface area contributed by atoms with Crippen LogP contribution in [-0.4, -0.2) is 17.0 Å². The average molecular weight is 444 g/mol. The summed E-state index contributed by atoms with van der Waals surface area (Å²) in [4.78, 5) is 24.7. The molecule has 3 aromatic carbocycles. The van der Waals surface area contributed by atoms with Gasteiger partial charge in [0.1, 0.15) is 18.1 Å². The molecule has 0 aliphatic carbocycles. The second-order valence-corrected chi connectivity index (χ2v) is 8.40. The van der Waals surface area contributed by atoms with Gasteiger partial charge in [0, 0.05) is 4.70 Å². The molecule has 5 nitrogen and oxygen atoms in total. The van der Waals surface area contributed by atoms with Gasteiger partial charge in [-0.2, -0.15) is 0 Å². The van der Waals surface area contributed by atoms with Crippen molar-refractivity contribution in [2.75, 3.05) is 0 Å². The molecular formula is C26H21NO4S. The van der Waals surface area contributed by atoms with Crippen molar-refractivity contribution in [2.24, 2.45) is 0 Å². The summed E-state index contributed by atoms with van der Waals surface area (Å²) < 4.78 is 6.77. The zero-order valence-corrected chi connectivity index (χ0v) is 18.2. The summed E-state index contributed by atoms with van der Waals surface area (Å²) in [5.41, 5.74) is 2.69. The first-order chi connectivity index (χ1) is 15.5. The predicted molar refractivity (Wildman–Crippen MR) is 127 cm³/mol. The van der Waals surface area contributed by atoms with E-state index in [9.17, 15) is 14.7 Å². The smallest absolute Gasteiger partial charge is 0.352 e. The minimum atomic E-state index is -1.21. The van der Waals surface area contributed by atoms with E-state index in [1.54, 1.807) is 30.3 Å². The van der Waals surface area contributed by atoms with Crippen LogP contribution in [0.1, 0.15) is 26.4 Å². The molecule has 0 atom stereocenters. The van der Waals surface area contributed by atoms with E-state index >= 15 is 0 Å². The topological polar surface area (TPSA) is 75.6 Å². The first-order valence-electron chi connectivity index (χ1n) is 10.0. The number of aryl methyl sites for hydroxylation is 1. The quantitative estimate of drug-likeness (QED) is 0.362. The fourth-order valence-electron chi connectivity index (χ4n) is 3.22. The van der Waals surface area contributed by atoms with Crippen LogP contribution < -0.4 is 10.1 Å². The van der Waals surface area contributed by atoms with Gasteiger partial charge in [0.2, 0.25) is 0 Å². The molecule has 160 valence electrons. The molecule has 0 fully saturated rings. The molecule has 0 aliphatic rings. The number of carboxylic acid groups (broad SMARTS) is 1. The van der Waals surface area contributed by atoms with Crippen molar-refractivity contribution in [3.63, 3.8) is 0 Å². The molecule has 6 heteroatoms. The van der Waals surface area contributed by atoms with Gasteiger partial charge < -0.3 is 15.2 Å². The number of aliphatic carboxylic acids is 1. The predicted octanol–water partition coefficient (Wildman–Crippen LogP) is 5.64. The lowest BCUT2D eigenvalue weighted by atomic mass is 10.1. The molecule has 0 radical (unpaired) electrons. The zero-order valence-electron chi connectivity index (χ0n) is 17.4. The maximum atomic E-state index is 12.6. The van der Waals surface area contributed by atoms with Gasteiger partial charge in [0.15, 0.2) is 0 Å². The molecule has 4 rings (SSSR count). The minimum absolute atomic E-state index is 0.194. The summed E-state index contributed by atoms with van der Waals surface area (Å²) in [6.45, 7) is 2.48. The SMILES string of the molecule is Cc1cccc(COc2ccc(C=C(NC(=O)c3cc4ccccc4s3)C(=O)O)cc2)c1. The molecule has 2 N–H and O–H groups in total. The van der Waals surface area contributed by atoms with E-state index < -0.39 is 11.9 Å². The van der Waals surface area contributed by atoms with Gasteiger partial charge in [-0.25, -0.2) is 4.79 Å². The molecule has 0 unspecified atom stereocenters. The van der Waals surface area contributed by atoms with Crippen LogP contribution in [0.2, 0.25) is 0 Å². The number of nitrogens with one attached hydrogen (secondary N) is 1. The third-order valence-corrected chi connectivity index (χ3v) is 5.92. The lowest BCUT2D eigenvalue weighted by Crippen LogP contribution is -2.26. The molecule has 0 saturated carbocycles. The van der Waals surface area contributed by atoms with E-state index in [1.807, 2.05) is 49.4 Å². The average Bonchev–Trinajstić information content (AvgIpc) is 3.23. The number of hydrogen-bond donors (Lipinski definition) is 2. The molecule has 1 aromatic heterocycles. The van der Waals surface area contributed by atoms with Crippen molar-refractivity contribution in [1.82, 2.24) is 5.32 Å². The number of amides is 1. The summed E-state index contributed by atoms with van der Waals surface area (Å²) in [5.74, 6) is -0.980. The van der Waals surface area contributed by atoms with Crippen molar-refractivity contribution in [1.29, 1.82) is 0 Å². The summed E-state index contributed by atoms with van der Waals surface area (Å²) in [6, 6.07) is 24.5. The Labute approximate surface area is 189 Å². The summed E-state index contributed by atoms with van der Waals surface area (Å²) >= 11 is 1.32. The van der Waals surface area contributed by atoms with Gasteiger partial charge in [0.05, 0.1) is 4.88 Å². The first kappa shape index (κ1) is 21.3. The summed E-state index contributed by atoms with van der Waals surface area (Å²) in [6.07, 6.45) is 1.43. The Hall–Kier alpha value is -3.90. The van der Waals surface area contributed by atoms with Crippen molar-refractivity contribution in [2.45, 2.75) is 13.5 Å². The molecule has 32 heavy (non-hydrogen) atoms. The summed E-state index contributed by atoms with van der Waals surface area (Å²) in [5, 5.41) is 13.0. The highest BCUT2D eigenvalue weighted by Gasteiger charge is 2.15. The second kappa shape index (κ2) is 9.49. The summed E-state index contributed by atoms with van der Waals surface area (Å²) in [7, 11) is 0. The van der Waals surface area contributed by atoms with E-state index in [2.05, 4.69) is 11.4 Å². The fraction of sp³-hybridized carbons (Fsp3) is 0.0769. The Balaban J connectivity index is 1.44. The van der Waals surface area contributed by atoms with Gasteiger partial charge >= 0.3 is 5.97 Å². The molecule has 1 amide bonds. The highest BCUT2D eigenvalue weighted by Crippen LogP contribution is 2.25. The number of benzene rings is 3. The molecule has 4 aromatic rings. The first-order valence-corrected chi connectivity index (χ1v) is 10.8. The van der Waals surface area contributed by atoms with Gasteiger partial charge in [-0.15, -0.1) is 11.3 Å². The highest BCUT2D eigenvalue weighted by molar-refractivity contribution is 7.20.